The Labute approximate surface area is 76.3 Å². The van der Waals surface area contributed by atoms with Crippen LogP contribution in [0.1, 0.15) is 0 Å². The molecule has 0 saturated carbocycles. The van der Waals surface area contributed by atoms with Gasteiger partial charge in [0.05, 0.1) is 0 Å². The van der Waals surface area contributed by atoms with Crippen LogP contribution < -0.4 is 0 Å². The number of hydrogen-bond acceptors (Lipinski definition) is 0. The topological polar surface area (TPSA) is 0 Å². The van der Waals surface area contributed by atoms with Crippen molar-refractivity contribution in [2.75, 3.05) is 0 Å². The first kappa shape index (κ1) is 32.3. The molecule has 0 saturated heterocycles. The summed E-state index contributed by atoms with van der Waals surface area (Å²) in [6, 6.07) is 0. The summed E-state index contributed by atoms with van der Waals surface area (Å²) in [5.74, 6) is 0. The van der Waals surface area contributed by atoms with Gasteiger partial charge in [0, 0.05) is 36.5 Å². The maximum Gasteiger partial charge on any atom is 0 e. The molecule has 0 N–H and O–H groups in total. The molecule has 0 spiro atoms. The molecule has 0 aliphatic heterocycles. The van der Waals surface area contributed by atoms with Crippen LogP contribution in [-0.4, -0.2) is 27.3 Å². The fourth-order valence-corrected chi connectivity index (χ4v) is 0. The maximum absolute atomic E-state index is 0. The van der Waals surface area contributed by atoms with Gasteiger partial charge in [0.1, 0.15) is 0 Å². The Morgan fingerprint density at radius 1 is 1.00 bits per heavy atom. The van der Waals surface area contributed by atoms with Crippen molar-refractivity contribution in [2.24, 2.45) is 0 Å². The van der Waals surface area contributed by atoms with E-state index in [1.165, 1.54) is 0 Å². The maximum atomic E-state index is 0. The first-order chi connectivity index (χ1) is 0. The van der Waals surface area contributed by atoms with Crippen molar-refractivity contribution < 1.29 is 36.5 Å². The van der Waals surface area contributed by atoms with Crippen molar-refractivity contribution in [2.45, 2.75) is 0 Å². The van der Waals surface area contributed by atoms with Gasteiger partial charge in [-0.3, -0.25) is 0 Å². The second-order valence-corrected chi connectivity index (χ2v) is 0. The normalized spacial score (nSPS) is 0. The van der Waals surface area contributed by atoms with Gasteiger partial charge in [-0.05, 0) is 0 Å². The molecule has 0 amide bonds. The zero-order valence-corrected chi connectivity index (χ0v) is 12.6. The van der Waals surface area contributed by atoms with Crippen LogP contribution in [0.25, 0.3) is 0 Å². The van der Waals surface area contributed by atoms with E-state index in [2.05, 4.69) is 0 Å². The van der Waals surface area contributed by atoms with Crippen LogP contribution in [0.2, 0.25) is 0 Å². The van der Waals surface area contributed by atoms with E-state index < -0.39 is 0 Å². The number of hydrogen-bond donors (Lipinski definition) is 0. The van der Waals surface area contributed by atoms with Crippen LogP contribution in [0.15, 0.2) is 0 Å². The average molecular weight is 372 g/mol. The SMILES string of the molecule is S.[Cu].[PbH2].[Zn]. The Kier molecular flexibility index (Phi) is 146. The second-order valence-electron chi connectivity index (χ2n) is 0. The van der Waals surface area contributed by atoms with Crippen LogP contribution >= 0.6 is 13.5 Å². The zero-order chi connectivity index (χ0) is 0. The Balaban J connectivity index is 0. The quantitative estimate of drug-likeness (QED) is 0.488. The van der Waals surface area contributed by atoms with Gasteiger partial charge >= 0.3 is 27.3 Å². The summed E-state index contributed by atoms with van der Waals surface area (Å²) >= 11 is 0. The van der Waals surface area contributed by atoms with E-state index in [1.54, 1.807) is 0 Å². The van der Waals surface area contributed by atoms with E-state index in [9.17, 15) is 0 Å². The van der Waals surface area contributed by atoms with E-state index in [1.807, 2.05) is 0 Å². The summed E-state index contributed by atoms with van der Waals surface area (Å²) in [6.07, 6.45) is 0. The molecule has 0 aromatic rings. The van der Waals surface area contributed by atoms with E-state index >= 15 is 0 Å². The van der Waals surface area contributed by atoms with Gasteiger partial charge < -0.3 is 0 Å². The van der Waals surface area contributed by atoms with Crippen molar-refractivity contribution in [3.8, 4) is 0 Å². The van der Waals surface area contributed by atoms with Gasteiger partial charge in [-0.2, -0.15) is 13.5 Å². The first-order valence-electron chi connectivity index (χ1n) is 0. The molecule has 27 valence electrons. The molecule has 0 bridgehead atoms. The van der Waals surface area contributed by atoms with E-state index in [0.717, 1.165) is 0 Å². The summed E-state index contributed by atoms with van der Waals surface area (Å²) in [5, 5.41) is 0. The van der Waals surface area contributed by atoms with E-state index in [-0.39, 0.29) is 77.3 Å². The van der Waals surface area contributed by atoms with E-state index in [4.69, 9.17) is 0 Å². The molecule has 4 heavy (non-hydrogen) atoms. The number of rotatable bonds is 0. The Morgan fingerprint density at radius 3 is 1.00 bits per heavy atom. The van der Waals surface area contributed by atoms with E-state index in [0.29, 0.717) is 0 Å². The third-order valence-corrected chi connectivity index (χ3v) is 0. The molecule has 0 aliphatic rings. The predicted octanol–water partition coefficient (Wildman–Crippen LogP) is -0.808. The summed E-state index contributed by atoms with van der Waals surface area (Å²) in [6.45, 7) is 0. The largest absolute Gasteiger partial charge is 0 e. The molecule has 0 nitrogen and oxygen atoms in total. The summed E-state index contributed by atoms with van der Waals surface area (Å²) in [7, 11) is 0. The third-order valence-electron chi connectivity index (χ3n) is 0. The van der Waals surface area contributed by atoms with Crippen molar-refractivity contribution >= 4 is 40.8 Å². The van der Waals surface area contributed by atoms with Crippen molar-refractivity contribution in [1.82, 2.24) is 0 Å². The minimum atomic E-state index is 0. The standard InChI is InChI=1S/Cu.Pb.H2S.Zn.2H/h;;1H2;;;. The van der Waals surface area contributed by atoms with Crippen LogP contribution in [0.3, 0.4) is 0 Å². The molecule has 4 heteroatoms. The van der Waals surface area contributed by atoms with Crippen molar-refractivity contribution in [3.63, 3.8) is 0 Å². The molecule has 0 unspecified atom stereocenters. The van der Waals surface area contributed by atoms with Gasteiger partial charge in [0.25, 0.3) is 0 Å². The minimum absolute atomic E-state index is 0. The minimum Gasteiger partial charge on any atom is 0 e. The fraction of sp³-hybridized carbons (Fsp3) is 0. The Morgan fingerprint density at radius 2 is 1.00 bits per heavy atom. The second kappa shape index (κ2) is 18.1. The predicted molar refractivity (Wildman–Crippen MR) is 18.9 cm³/mol. The molecule has 0 rings (SSSR count). The van der Waals surface area contributed by atoms with Gasteiger partial charge in [0.2, 0.25) is 0 Å². The van der Waals surface area contributed by atoms with Crippen LogP contribution in [0.4, 0.5) is 0 Å². The van der Waals surface area contributed by atoms with Gasteiger partial charge in [-0.15, -0.1) is 0 Å². The Bertz CT molecular complexity index is 8.00. The summed E-state index contributed by atoms with van der Waals surface area (Å²) in [4.78, 5) is 0. The Hall–Kier alpha value is 2.41. The molecule has 0 heterocycles. The zero-order valence-electron chi connectivity index (χ0n) is 2.22. The van der Waals surface area contributed by atoms with Gasteiger partial charge in [-0.25, -0.2) is 0 Å². The monoisotopic (exact) mass is 371 g/mol. The molecule has 0 aromatic heterocycles. The van der Waals surface area contributed by atoms with Crippen LogP contribution in [0, 0.1) is 0 Å². The average Bonchev–Trinajstić information content (AvgIpc) is 0. The fourth-order valence-electron chi connectivity index (χ4n) is 0. The molecule has 0 fully saturated rings. The summed E-state index contributed by atoms with van der Waals surface area (Å²) < 4.78 is 0. The van der Waals surface area contributed by atoms with Gasteiger partial charge in [0.15, 0.2) is 0 Å². The smallest absolute Gasteiger partial charge is 0 e. The molecule has 0 aliphatic carbocycles. The molecule has 0 aromatic carbocycles. The summed E-state index contributed by atoms with van der Waals surface area (Å²) in [5.41, 5.74) is 0. The third kappa shape index (κ3) is 8.83. The van der Waals surface area contributed by atoms with Crippen LogP contribution in [-0.2, 0) is 36.5 Å². The van der Waals surface area contributed by atoms with Crippen molar-refractivity contribution in [3.05, 3.63) is 0 Å². The van der Waals surface area contributed by atoms with Gasteiger partial charge in [-0.1, -0.05) is 0 Å². The van der Waals surface area contributed by atoms with Crippen molar-refractivity contribution in [1.29, 1.82) is 0 Å². The van der Waals surface area contributed by atoms with Crippen LogP contribution in [0.5, 0.6) is 0 Å². The first-order valence-corrected chi connectivity index (χ1v) is 0. The molecular weight excluding hydrogens is 368 g/mol. The molecular formula is H4CuPbSZn. The molecule has 0 atom stereocenters. The molecule has 3 radical (unpaired) electrons.